The van der Waals surface area contributed by atoms with E-state index in [9.17, 15) is 0 Å². The fourth-order valence-corrected chi connectivity index (χ4v) is 1.63. The van der Waals surface area contributed by atoms with Crippen LogP contribution in [0.1, 0.15) is 107 Å². The Bertz CT molecular complexity index is 472. The summed E-state index contributed by atoms with van der Waals surface area (Å²) in [5, 5.41) is 2.49. The highest BCUT2D eigenvalue weighted by atomic mass is 14.0. The zero-order valence-corrected chi connectivity index (χ0v) is 21.4. The first-order valence-corrected chi connectivity index (χ1v) is 11.5. The van der Waals surface area contributed by atoms with Crippen LogP contribution in [0.5, 0.6) is 0 Å². The molecule has 0 N–H and O–H groups in total. The smallest absolute Gasteiger partial charge is 0.0178 e. The molecule has 2 rings (SSSR count). The number of rotatable bonds is 3. The first kappa shape index (κ1) is 37.0. The molecule has 0 heterocycles. The first-order chi connectivity index (χ1) is 13.8. The van der Waals surface area contributed by atoms with Gasteiger partial charge in [0.25, 0.3) is 0 Å². The summed E-state index contributed by atoms with van der Waals surface area (Å²) in [5.74, 6) is 0. The SMILES string of the molecule is C=Cc1cc2ccccc2cc1C=C.CC.CC.CC.CC.CC.CCCC. The van der Waals surface area contributed by atoms with E-state index in [1.165, 1.54) is 23.6 Å². The van der Waals surface area contributed by atoms with Gasteiger partial charge in [0.2, 0.25) is 0 Å². The molecule has 0 nitrogen and oxygen atoms in total. The van der Waals surface area contributed by atoms with Gasteiger partial charge in [-0.1, -0.05) is 146 Å². The van der Waals surface area contributed by atoms with E-state index in [4.69, 9.17) is 0 Å². The average molecular weight is 389 g/mol. The highest BCUT2D eigenvalue weighted by molar-refractivity contribution is 5.88. The summed E-state index contributed by atoms with van der Waals surface area (Å²) >= 11 is 0. The van der Waals surface area contributed by atoms with Crippen molar-refractivity contribution in [1.82, 2.24) is 0 Å². The van der Waals surface area contributed by atoms with Gasteiger partial charge >= 0.3 is 0 Å². The molecule has 0 fully saturated rings. The van der Waals surface area contributed by atoms with Crippen molar-refractivity contribution < 1.29 is 0 Å². The van der Waals surface area contributed by atoms with Crippen molar-refractivity contribution in [1.29, 1.82) is 0 Å². The van der Waals surface area contributed by atoms with E-state index in [1.54, 1.807) is 0 Å². The maximum Gasteiger partial charge on any atom is -0.0178 e. The van der Waals surface area contributed by atoms with E-state index >= 15 is 0 Å². The predicted octanol–water partition coefficient (Wildman–Crippen LogP) is 11.1. The van der Waals surface area contributed by atoms with Gasteiger partial charge < -0.3 is 0 Å². The van der Waals surface area contributed by atoms with Gasteiger partial charge in [0.15, 0.2) is 0 Å². The number of hydrogen-bond acceptors (Lipinski definition) is 0. The summed E-state index contributed by atoms with van der Waals surface area (Å²) in [5.41, 5.74) is 2.28. The second-order valence-electron chi connectivity index (χ2n) is 4.24. The molecule has 0 heteroatoms. The van der Waals surface area contributed by atoms with Crippen LogP contribution in [0.25, 0.3) is 22.9 Å². The lowest BCUT2D eigenvalue weighted by Gasteiger charge is -2.04. The van der Waals surface area contributed by atoms with Crippen molar-refractivity contribution in [2.75, 3.05) is 0 Å². The van der Waals surface area contributed by atoms with Crippen LogP contribution in [-0.2, 0) is 0 Å². The zero-order valence-electron chi connectivity index (χ0n) is 21.4. The van der Waals surface area contributed by atoms with Crippen molar-refractivity contribution in [3.63, 3.8) is 0 Å². The summed E-state index contributed by atoms with van der Waals surface area (Å²) in [7, 11) is 0. The maximum atomic E-state index is 3.80. The molecule has 0 radical (unpaired) electrons. The van der Waals surface area contributed by atoms with E-state index in [0.29, 0.717) is 0 Å². The molecule has 0 aliphatic heterocycles. The van der Waals surface area contributed by atoms with Crippen LogP contribution < -0.4 is 0 Å². The minimum absolute atomic E-state index is 1.14. The Morgan fingerprint density at radius 3 is 1.00 bits per heavy atom. The highest BCUT2D eigenvalue weighted by Gasteiger charge is 1.98. The van der Waals surface area contributed by atoms with Crippen LogP contribution >= 0.6 is 0 Å². The molecule has 0 atom stereocenters. The third-order valence-corrected chi connectivity index (χ3v) is 2.89. The minimum atomic E-state index is 1.14. The molecule has 0 amide bonds. The Balaban J connectivity index is -0.000000106. The third-order valence-electron chi connectivity index (χ3n) is 2.89. The molecule has 0 saturated heterocycles. The van der Waals surface area contributed by atoms with Crippen LogP contribution in [0.2, 0.25) is 0 Å². The Morgan fingerprint density at radius 2 is 0.821 bits per heavy atom. The molecular weight excluding hydrogens is 336 g/mol. The summed E-state index contributed by atoms with van der Waals surface area (Å²) < 4.78 is 0. The van der Waals surface area contributed by atoms with E-state index in [1.807, 2.05) is 93.5 Å². The standard InChI is InChI=1S/C14H12.C4H10.5C2H6/c1-3-11-9-13-7-5-6-8-14(13)10-12(11)4-2;1-3-4-2;5*1-2/h3-10H,1-2H2;3-4H2,1-2H3;5*1-2H3. The minimum Gasteiger partial charge on any atom is -0.0984 e. The maximum absolute atomic E-state index is 3.80. The number of benzene rings is 2. The molecule has 2 aromatic rings. The summed E-state index contributed by atoms with van der Waals surface area (Å²) in [6.07, 6.45) is 6.37. The van der Waals surface area contributed by atoms with Gasteiger partial charge in [-0.15, -0.1) is 0 Å². The number of unbranched alkanes of at least 4 members (excludes halogenated alkanes) is 1. The summed E-state index contributed by atoms with van der Waals surface area (Å²) in [4.78, 5) is 0. The topological polar surface area (TPSA) is 0 Å². The lowest BCUT2D eigenvalue weighted by molar-refractivity contribution is 0.886. The van der Waals surface area contributed by atoms with Crippen LogP contribution in [-0.4, -0.2) is 0 Å². The quantitative estimate of drug-likeness (QED) is 0.490. The molecular formula is C28H52. The number of fused-ring (bicyclic) bond motifs is 1. The van der Waals surface area contributed by atoms with Gasteiger partial charge in [-0.05, 0) is 34.0 Å². The molecule has 164 valence electrons. The van der Waals surface area contributed by atoms with Gasteiger partial charge in [-0.3, -0.25) is 0 Å². The Hall–Kier alpha value is -1.82. The van der Waals surface area contributed by atoms with Gasteiger partial charge in [0, 0.05) is 0 Å². The molecule has 0 bridgehead atoms. The van der Waals surface area contributed by atoms with Crippen LogP contribution in [0.15, 0.2) is 49.6 Å². The Morgan fingerprint density at radius 1 is 0.571 bits per heavy atom. The van der Waals surface area contributed by atoms with Crippen molar-refractivity contribution in [2.45, 2.75) is 95.9 Å². The lowest BCUT2D eigenvalue weighted by atomic mass is 10.0. The van der Waals surface area contributed by atoms with Crippen LogP contribution in [0.3, 0.4) is 0 Å². The predicted molar refractivity (Wildman–Crippen MR) is 141 cm³/mol. The first-order valence-electron chi connectivity index (χ1n) is 11.5. The van der Waals surface area contributed by atoms with E-state index in [0.717, 1.165) is 11.1 Å². The van der Waals surface area contributed by atoms with Gasteiger partial charge in [0.1, 0.15) is 0 Å². The second kappa shape index (κ2) is 36.2. The van der Waals surface area contributed by atoms with Crippen molar-refractivity contribution in [3.8, 4) is 0 Å². The van der Waals surface area contributed by atoms with E-state index in [-0.39, 0.29) is 0 Å². The average Bonchev–Trinajstić information content (AvgIpc) is 2.84. The van der Waals surface area contributed by atoms with Crippen molar-refractivity contribution in [2.24, 2.45) is 0 Å². The molecule has 0 saturated carbocycles. The zero-order chi connectivity index (χ0) is 23.4. The molecule has 0 aromatic heterocycles. The van der Waals surface area contributed by atoms with Crippen molar-refractivity contribution >= 4 is 22.9 Å². The number of hydrogen-bond donors (Lipinski definition) is 0. The summed E-state index contributed by atoms with van der Waals surface area (Å²) in [6.45, 7) is 32.0. The van der Waals surface area contributed by atoms with Crippen LogP contribution in [0.4, 0.5) is 0 Å². The van der Waals surface area contributed by atoms with E-state index in [2.05, 4.69) is 51.3 Å². The Labute approximate surface area is 179 Å². The molecule has 0 aliphatic rings. The van der Waals surface area contributed by atoms with Crippen molar-refractivity contribution in [3.05, 3.63) is 60.7 Å². The van der Waals surface area contributed by atoms with Gasteiger partial charge in [0.05, 0.1) is 0 Å². The third kappa shape index (κ3) is 19.0. The molecule has 0 spiro atoms. The fourth-order valence-electron chi connectivity index (χ4n) is 1.63. The molecule has 2 aromatic carbocycles. The van der Waals surface area contributed by atoms with Gasteiger partial charge in [-0.2, -0.15) is 0 Å². The van der Waals surface area contributed by atoms with Gasteiger partial charge in [-0.25, -0.2) is 0 Å². The fraction of sp³-hybridized carbons (Fsp3) is 0.500. The normalized spacial score (nSPS) is 7.14. The summed E-state index contributed by atoms with van der Waals surface area (Å²) in [6, 6.07) is 12.6. The molecule has 28 heavy (non-hydrogen) atoms. The Kier molecular flexibility index (Phi) is 47.8. The molecule has 0 aliphatic carbocycles. The van der Waals surface area contributed by atoms with Crippen LogP contribution in [0, 0.1) is 0 Å². The highest BCUT2D eigenvalue weighted by Crippen LogP contribution is 2.21. The largest absolute Gasteiger partial charge is 0.0984 e. The molecule has 0 unspecified atom stereocenters. The second-order valence-corrected chi connectivity index (χ2v) is 4.24. The van der Waals surface area contributed by atoms with E-state index < -0.39 is 0 Å². The lowest BCUT2D eigenvalue weighted by Crippen LogP contribution is -1.81. The monoisotopic (exact) mass is 388 g/mol.